The van der Waals surface area contributed by atoms with Gasteiger partial charge in [0, 0.05) is 17.0 Å². The average Bonchev–Trinajstić information content (AvgIpc) is 3.05. The average molecular weight is 269 g/mol. The van der Waals surface area contributed by atoms with E-state index in [4.69, 9.17) is 0 Å². The smallest absolute Gasteiger partial charge is 0.348 e. The zero-order chi connectivity index (χ0) is 13.0. The lowest BCUT2D eigenvalue weighted by Gasteiger charge is -2.27. The minimum atomic E-state index is -0.288. The Bertz CT molecular complexity index is 410. The number of aliphatic hydroxyl groups is 1. The Hall–Kier alpha value is -0.910. The van der Waals surface area contributed by atoms with Crippen molar-refractivity contribution in [2.45, 2.75) is 37.8 Å². The highest BCUT2D eigenvalue weighted by atomic mass is 32.1. The minimum Gasteiger partial charge on any atom is -0.465 e. The number of carbonyl (C=O) groups excluding carboxylic acids is 1. The van der Waals surface area contributed by atoms with Crippen molar-refractivity contribution in [3.8, 4) is 0 Å². The van der Waals surface area contributed by atoms with Crippen molar-refractivity contribution in [1.82, 2.24) is 5.32 Å². The number of hydrogen-bond donors (Lipinski definition) is 2. The van der Waals surface area contributed by atoms with E-state index in [2.05, 4.69) is 10.1 Å². The molecule has 0 radical (unpaired) electrons. The lowest BCUT2D eigenvalue weighted by atomic mass is 9.99. The third kappa shape index (κ3) is 2.91. The molecule has 0 aliphatic heterocycles. The van der Waals surface area contributed by atoms with Gasteiger partial charge in [-0.25, -0.2) is 4.79 Å². The zero-order valence-electron chi connectivity index (χ0n) is 10.6. The molecule has 18 heavy (non-hydrogen) atoms. The van der Waals surface area contributed by atoms with Gasteiger partial charge >= 0.3 is 5.97 Å². The van der Waals surface area contributed by atoms with Crippen molar-refractivity contribution < 1.29 is 14.6 Å². The van der Waals surface area contributed by atoms with Crippen LogP contribution in [0.4, 0.5) is 0 Å². The lowest BCUT2D eigenvalue weighted by molar-refractivity contribution is 0.0606. The predicted molar refractivity (Wildman–Crippen MR) is 70.8 cm³/mol. The van der Waals surface area contributed by atoms with Crippen LogP contribution in [0.5, 0.6) is 0 Å². The molecule has 1 aliphatic carbocycles. The molecule has 0 atom stereocenters. The summed E-state index contributed by atoms with van der Waals surface area (Å²) in [4.78, 5) is 13.1. The van der Waals surface area contributed by atoms with Gasteiger partial charge in [-0.3, -0.25) is 0 Å². The van der Waals surface area contributed by atoms with Crippen molar-refractivity contribution >= 4 is 17.3 Å². The van der Waals surface area contributed by atoms with Crippen molar-refractivity contribution in [1.29, 1.82) is 0 Å². The summed E-state index contributed by atoms with van der Waals surface area (Å²) in [6.45, 7) is 0.879. The Labute approximate surface area is 111 Å². The van der Waals surface area contributed by atoms with E-state index in [9.17, 15) is 9.90 Å². The van der Waals surface area contributed by atoms with Crippen LogP contribution in [0.15, 0.2) is 12.1 Å². The zero-order valence-corrected chi connectivity index (χ0v) is 11.4. The summed E-state index contributed by atoms with van der Waals surface area (Å²) in [5.74, 6) is -0.288. The molecule has 2 N–H and O–H groups in total. The van der Waals surface area contributed by atoms with E-state index in [0.717, 1.165) is 17.7 Å². The number of hydrogen-bond acceptors (Lipinski definition) is 5. The fourth-order valence-corrected chi connectivity index (χ4v) is 3.27. The Kier molecular flexibility index (Phi) is 4.37. The van der Waals surface area contributed by atoms with Crippen LogP contribution in [0.2, 0.25) is 0 Å². The van der Waals surface area contributed by atoms with E-state index in [-0.39, 0.29) is 18.1 Å². The molecule has 1 aliphatic rings. The van der Waals surface area contributed by atoms with Crippen molar-refractivity contribution in [3.05, 3.63) is 21.9 Å². The molecular formula is C13H19NO3S. The minimum absolute atomic E-state index is 0.116. The maximum absolute atomic E-state index is 11.3. The first-order valence-corrected chi connectivity index (χ1v) is 7.04. The standard InChI is InChI=1S/C13H19NO3S/c1-17-12(16)11-5-4-10(18-11)8-14-13(9-15)6-2-3-7-13/h4-5,14-15H,2-3,6-9H2,1H3. The number of nitrogens with one attached hydrogen (secondary N) is 1. The molecule has 1 aromatic rings. The van der Waals surface area contributed by atoms with Gasteiger partial charge in [-0.2, -0.15) is 0 Å². The molecule has 1 fully saturated rings. The number of ether oxygens (including phenoxy) is 1. The van der Waals surface area contributed by atoms with Gasteiger partial charge in [0.15, 0.2) is 0 Å². The van der Waals surface area contributed by atoms with Crippen LogP contribution in [-0.2, 0) is 11.3 Å². The van der Waals surface area contributed by atoms with Gasteiger partial charge in [0.05, 0.1) is 13.7 Å². The number of aliphatic hydroxyl groups excluding tert-OH is 1. The normalized spacial score (nSPS) is 17.9. The summed E-state index contributed by atoms with van der Waals surface area (Å²) in [5.41, 5.74) is -0.116. The molecule has 4 nitrogen and oxygen atoms in total. The quantitative estimate of drug-likeness (QED) is 0.802. The molecule has 0 unspecified atom stereocenters. The van der Waals surface area contributed by atoms with E-state index >= 15 is 0 Å². The Morgan fingerprint density at radius 2 is 2.22 bits per heavy atom. The highest BCUT2D eigenvalue weighted by Crippen LogP contribution is 2.30. The Morgan fingerprint density at radius 1 is 1.50 bits per heavy atom. The summed E-state index contributed by atoms with van der Waals surface area (Å²) in [7, 11) is 1.39. The highest BCUT2D eigenvalue weighted by molar-refractivity contribution is 7.13. The molecule has 0 saturated heterocycles. The Morgan fingerprint density at radius 3 is 2.83 bits per heavy atom. The van der Waals surface area contributed by atoms with Crippen LogP contribution in [0.25, 0.3) is 0 Å². The summed E-state index contributed by atoms with van der Waals surface area (Å²) in [5, 5.41) is 12.9. The van der Waals surface area contributed by atoms with Crippen LogP contribution in [0, 0.1) is 0 Å². The maximum Gasteiger partial charge on any atom is 0.348 e. The second kappa shape index (κ2) is 5.82. The molecule has 100 valence electrons. The van der Waals surface area contributed by atoms with Gasteiger partial charge in [-0.15, -0.1) is 11.3 Å². The molecule has 5 heteroatoms. The summed E-state index contributed by atoms with van der Waals surface area (Å²) in [6.07, 6.45) is 4.40. The van der Waals surface area contributed by atoms with E-state index in [1.54, 1.807) is 6.07 Å². The highest BCUT2D eigenvalue weighted by Gasteiger charge is 2.32. The second-order valence-corrected chi connectivity index (χ2v) is 5.92. The van der Waals surface area contributed by atoms with Crippen LogP contribution < -0.4 is 5.32 Å². The molecular weight excluding hydrogens is 250 g/mol. The van der Waals surface area contributed by atoms with Gasteiger partial charge in [-0.05, 0) is 25.0 Å². The van der Waals surface area contributed by atoms with Crippen LogP contribution >= 0.6 is 11.3 Å². The maximum atomic E-state index is 11.3. The van der Waals surface area contributed by atoms with Crippen LogP contribution in [0.3, 0.4) is 0 Å². The molecule has 0 amide bonds. The molecule has 1 heterocycles. The molecule has 0 spiro atoms. The molecule has 1 saturated carbocycles. The van der Waals surface area contributed by atoms with Gasteiger partial charge < -0.3 is 15.2 Å². The fraction of sp³-hybridized carbons (Fsp3) is 0.615. The van der Waals surface area contributed by atoms with E-state index in [1.807, 2.05) is 6.07 Å². The second-order valence-electron chi connectivity index (χ2n) is 4.76. The topological polar surface area (TPSA) is 58.6 Å². The number of methoxy groups -OCH3 is 1. The van der Waals surface area contributed by atoms with Crippen molar-refractivity contribution in [2.75, 3.05) is 13.7 Å². The third-order valence-electron chi connectivity index (χ3n) is 3.55. The fourth-order valence-electron chi connectivity index (χ4n) is 2.40. The SMILES string of the molecule is COC(=O)c1ccc(CNC2(CO)CCCC2)s1. The van der Waals surface area contributed by atoms with Gasteiger partial charge in [-0.1, -0.05) is 12.8 Å². The predicted octanol–water partition coefficient (Wildman–Crippen LogP) is 1.93. The summed E-state index contributed by atoms with van der Waals surface area (Å²) in [6, 6.07) is 3.72. The van der Waals surface area contributed by atoms with Crippen LogP contribution in [-0.4, -0.2) is 30.3 Å². The number of carbonyl (C=O) groups is 1. The first-order chi connectivity index (χ1) is 8.69. The molecule has 0 bridgehead atoms. The van der Waals surface area contributed by atoms with Crippen LogP contribution in [0.1, 0.15) is 40.2 Å². The third-order valence-corrected chi connectivity index (χ3v) is 4.61. The monoisotopic (exact) mass is 269 g/mol. The largest absolute Gasteiger partial charge is 0.465 e. The number of esters is 1. The summed E-state index contributed by atoms with van der Waals surface area (Å²) >= 11 is 1.44. The molecule has 0 aromatic carbocycles. The molecule has 1 aromatic heterocycles. The van der Waals surface area contributed by atoms with Gasteiger partial charge in [0.1, 0.15) is 4.88 Å². The van der Waals surface area contributed by atoms with Gasteiger partial charge in [0.25, 0.3) is 0 Å². The van der Waals surface area contributed by atoms with Gasteiger partial charge in [0.2, 0.25) is 0 Å². The van der Waals surface area contributed by atoms with E-state index < -0.39 is 0 Å². The van der Waals surface area contributed by atoms with E-state index in [0.29, 0.717) is 11.4 Å². The van der Waals surface area contributed by atoms with E-state index in [1.165, 1.54) is 31.3 Å². The Balaban J connectivity index is 1.93. The number of thiophene rings is 1. The summed E-state index contributed by atoms with van der Waals surface area (Å²) < 4.78 is 4.68. The van der Waals surface area contributed by atoms with Crippen molar-refractivity contribution in [3.63, 3.8) is 0 Å². The first-order valence-electron chi connectivity index (χ1n) is 6.22. The van der Waals surface area contributed by atoms with Crippen molar-refractivity contribution in [2.24, 2.45) is 0 Å². The molecule has 2 rings (SSSR count). The first kappa shape index (κ1) is 13.5. The number of rotatable bonds is 5. The lowest BCUT2D eigenvalue weighted by Crippen LogP contribution is -2.45.